The van der Waals surface area contributed by atoms with Gasteiger partial charge in [-0.2, -0.15) is 0 Å². The molecule has 0 fully saturated rings. The summed E-state index contributed by atoms with van der Waals surface area (Å²) in [5.74, 6) is 1.01. The second-order valence-electron chi connectivity index (χ2n) is 3.75. The molecule has 0 aliphatic heterocycles. The highest BCUT2D eigenvalue weighted by Gasteiger charge is 2.04. The van der Waals surface area contributed by atoms with E-state index in [1.54, 1.807) is 0 Å². The largest absolute Gasteiger partial charge is 0.331 e. The second kappa shape index (κ2) is 3.85. The highest BCUT2D eigenvalue weighted by atomic mass is 16.1. The van der Waals surface area contributed by atoms with Crippen LogP contribution in [0.25, 0.3) is 11.0 Å². The minimum absolute atomic E-state index is 0.581. The van der Waals surface area contributed by atoms with Gasteiger partial charge in [-0.05, 0) is 31.0 Å². The van der Waals surface area contributed by atoms with Crippen molar-refractivity contribution in [2.75, 3.05) is 0 Å². The van der Waals surface area contributed by atoms with Gasteiger partial charge in [0.15, 0.2) is 0 Å². The minimum Gasteiger partial charge on any atom is -0.331 e. The number of rotatable bonds is 3. The van der Waals surface area contributed by atoms with Crippen molar-refractivity contribution in [1.29, 1.82) is 0 Å². The van der Waals surface area contributed by atoms with Crippen molar-refractivity contribution in [1.82, 2.24) is 9.55 Å². The van der Waals surface area contributed by atoms with E-state index in [-0.39, 0.29) is 0 Å². The van der Waals surface area contributed by atoms with Crippen LogP contribution >= 0.6 is 0 Å². The maximum Gasteiger partial charge on any atom is 0.120 e. The molecule has 0 unspecified atom stereocenters. The van der Waals surface area contributed by atoms with Gasteiger partial charge in [0.2, 0.25) is 0 Å². The van der Waals surface area contributed by atoms with Crippen LogP contribution < -0.4 is 0 Å². The fraction of sp³-hybridized carbons (Fsp3) is 0.333. The van der Waals surface area contributed by atoms with Crippen LogP contribution in [0.4, 0.5) is 0 Å². The van der Waals surface area contributed by atoms with Gasteiger partial charge >= 0.3 is 0 Å². The van der Waals surface area contributed by atoms with E-state index >= 15 is 0 Å². The molecule has 0 N–H and O–H groups in total. The van der Waals surface area contributed by atoms with Gasteiger partial charge in [0, 0.05) is 13.5 Å². The van der Waals surface area contributed by atoms with Gasteiger partial charge < -0.3 is 9.36 Å². The highest BCUT2D eigenvalue weighted by molar-refractivity contribution is 5.76. The maximum atomic E-state index is 10.3. The van der Waals surface area contributed by atoms with Crippen LogP contribution in [0.15, 0.2) is 18.2 Å². The first-order chi connectivity index (χ1) is 7.22. The molecule has 78 valence electrons. The number of hydrogen-bond acceptors (Lipinski definition) is 2. The van der Waals surface area contributed by atoms with Crippen LogP contribution in [-0.2, 0) is 18.3 Å². The lowest BCUT2D eigenvalue weighted by Crippen LogP contribution is -1.90. The zero-order chi connectivity index (χ0) is 10.8. The van der Waals surface area contributed by atoms with Crippen LogP contribution in [0.1, 0.15) is 17.8 Å². The number of carbonyl (C=O) groups is 1. The van der Waals surface area contributed by atoms with E-state index in [4.69, 9.17) is 0 Å². The van der Waals surface area contributed by atoms with Crippen molar-refractivity contribution >= 4 is 17.3 Å². The highest BCUT2D eigenvalue weighted by Crippen LogP contribution is 2.16. The summed E-state index contributed by atoms with van der Waals surface area (Å²) in [5.41, 5.74) is 3.33. The molecule has 1 aromatic heterocycles. The number of nitrogens with zero attached hydrogens (tertiary/aromatic N) is 2. The predicted molar refractivity (Wildman–Crippen MR) is 59.8 cm³/mol. The molecule has 0 saturated heterocycles. The molecule has 3 nitrogen and oxygen atoms in total. The molecular formula is C12H14N2O. The Hall–Kier alpha value is -1.64. The molecule has 1 aromatic carbocycles. The molecule has 0 saturated carbocycles. The fourth-order valence-corrected chi connectivity index (χ4v) is 1.75. The Morgan fingerprint density at radius 1 is 1.47 bits per heavy atom. The number of aryl methyl sites for hydroxylation is 3. The van der Waals surface area contributed by atoms with Gasteiger partial charge in [-0.25, -0.2) is 4.98 Å². The first-order valence-corrected chi connectivity index (χ1v) is 5.08. The van der Waals surface area contributed by atoms with Crippen molar-refractivity contribution in [3.8, 4) is 0 Å². The molecule has 0 aliphatic rings. The Balaban J connectivity index is 2.43. The molecule has 2 aromatic rings. The number of fused-ring (bicyclic) bond motifs is 1. The predicted octanol–water partition coefficient (Wildman–Crippen LogP) is 2.01. The Labute approximate surface area is 88.7 Å². The Kier molecular flexibility index (Phi) is 2.54. The molecule has 0 amide bonds. The monoisotopic (exact) mass is 202 g/mol. The van der Waals surface area contributed by atoms with Crippen molar-refractivity contribution in [3.63, 3.8) is 0 Å². The molecule has 0 atom stereocenters. The molecule has 0 aliphatic carbocycles. The smallest absolute Gasteiger partial charge is 0.120 e. The van der Waals surface area contributed by atoms with E-state index in [2.05, 4.69) is 27.8 Å². The quantitative estimate of drug-likeness (QED) is 0.714. The lowest BCUT2D eigenvalue weighted by Gasteiger charge is -1.99. The summed E-state index contributed by atoms with van der Waals surface area (Å²) >= 11 is 0. The van der Waals surface area contributed by atoms with E-state index in [1.165, 1.54) is 5.56 Å². The summed E-state index contributed by atoms with van der Waals surface area (Å²) in [4.78, 5) is 14.7. The van der Waals surface area contributed by atoms with Crippen molar-refractivity contribution in [2.24, 2.45) is 7.05 Å². The number of hydrogen-bond donors (Lipinski definition) is 0. The van der Waals surface area contributed by atoms with Gasteiger partial charge in [0.25, 0.3) is 0 Å². The van der Waals surface area contributed by atoms with Crippen LogP contribution in [0.2, 0.25) is 0 Å². The molecule has 2 rings (SSSR count). The third kappa shape index (κ3) is 1.77. The van der Waals surface area contributed by atoms with Crippen molar-refractivity contribution in [3.05, 3.63) is 29.6 Å². The molecule has 15 heavy (non-hydrogen) atoms. The summed E-state index contributed by atoms with van der Waals surface area (Å²) < 4.78 is 2.07. The molecule has 1 heterocycles. The first-order valence-electron chi connectivity index (χ1n) is 5.08. The van der Waals surface area contributed by atoms with Gasteiger partial charge in [-0.1, -0.05) is 6.07 Å². The van der Waals surface area contributed by atoms with E-state index < -0.39 is 0 Å². The lowest BCUT2D eigenvalue weighted by atomic mass is 10.1. The van der Waals surface area contributed by atoms with Crippen molar-refractivity contribution < 1.29 is 4.79 Å². The zero-order valence-corrected chi connectivity index (χ0v) is 9.03. The SMILES string of the molecule is Cc1nc2cc(CCC=O)ccc2n1C. The Bertz CT molecular complexity index is 500. The maximum absolute atomic E-state index is 10.3. The van der Waals surface area contributed by atoms with Gasteiger partial charge in [-0.15, -0.1) is 0 Å². The molecule has 0 spiro atoms. The van der Waals surface area contributed by atoms with Gasteiger partial charge in [-0.3, -0.25) is 0 Å². The number of carbonyl (C=O) groups excluding carboxylic acids is 1. The third-order valence-corrected chi connectivity index (χ3v) is 2.72. The van der Waals surface area contributed by atoms with Crippen molar-refractivity contribution in [2.45, 2.75) is 19.8 Å². The standard InChI is InChI=1S/C12H14N2O/c1-9-13-11-8-10(4-3-7-15)5-6-12(11)14(9)2/h5-8H,3-4H2,1-2H3. The van der Waals surface area contributed by atoms with Crippen LogP contribution in [-0.4, -0.2) is 15.8 Å². The number of aldehydes is 1. The number of aromatic nitrogens is 2. The summed E-state index contributed by atoms with van der Waals surface area (Å²) in [6.45, 7) is 1.99. The minimum atomic E-state index is 0.581. The van der Waals surface area contributed by atoms with E-state index in [0.29, 0.717) is 6.42 Å². The lowest BCUT2D eigenvalue weighted by molar-refractivity contribution is -0.107. The summed E-state index contributed by atoms with van der Waals surface area (Å²) in [7, 11) is 2.01. The van der Waals surface area contributed by atoms with E-state index in [9.17, 15) is 4.79 Å². The average Bonchev–Trinajstić information content (AvgIpc) is 2.52. The van der Waals surface area contributed by atoms with Crippen LogP contribution in [0, 0.1) is 6.92 Å². The molecule has 0 bridgehead atoms. The zero-order valence-electron chi connectivity index (χ0n) is 9.03. The molecule has 0 radical (unpaired) electrons. The third-order valence-electron chi connectivity index (χ3n) is 2.72. The molecular weight excluding hydrogens is 188 g/mol. The van der Waals surface area contributed by atoms with E-state index in [0.717, 1.165) is 29.6 Å². The average molecular weight is 202 g/mol. The normalized spacial score (nSPS) is 10.8. The second-order valence-corrected chi connectivity index (χ2v) is 3.75. The van der Waals surface area contributed by atoms with Crippen LogP contribution in [0.3, 0.4) is 0 Å². The summed E-state index contributed by atoms with van der Waals surface area (Å²) in [6, 6.07) is 6.19. The summed E-state index contributed by atoms with van der Waals surface area (Å²) in [5, 5.41) is 0. The van der Waals surface area contributed by atoms with Gasteiger partial charge in [0.05, 0.1) is 11.0 Å². The Morgan fingerprint density at radius 3 is 3.00 bits per heavy atom. The fourth-order valence-electron chi connectivity index (χ4n) is 1.75. The first kappa shape index (κ1) is 9.90. The Morgan fingerprint density at radius 2 is 2.27 bits per heavy atom. The summed E-state index contributed by atoms with van der Waals surface area (Å²) in [6.07, 6.45) is 2.33. The number of imidazole rings is 1. The van der Waals surface area contributed by atoms with E-state index in [1.807, 2.05) is 14.0 Å². The number of benzene rings is 1. The molecule has 3 heteroatoms. The topological polar surface area (TPSA) is 34.9 Å². The van der Waals surface area contributed by atoms with Crippen LogP contribution in [0.5, 0.6) is 0 Å². The van der Waals surface area contributed by atoms with Gasteiger partial charge in [0.1, 0.15) is 12.1 Å².